The van der Waals surface area contributed by atoms with Crippen LogP contribution in [0.1, 0.15) is 13.3 Å². The molecule has 0 saturated heterocycles. The van der Waals surface area contributed by atoms with Crippen LogP contribution in [-0.4, -0.2) is 5.25 Å². The van der Waals surface area contributed by atoms with Crippen LogP contribution in [-0.2, 0) is 0 Å². The van der Waals surface area contributed by atoms with Crippen LogP contribution in [0.25, 0.3) is 0 Å². The second kappa shape index (κ2) is 1.63. The molecule has 0 N–H and O–H groups in total. The molecule has 0 heterocycles. The molecule has 0 nitrogen and oxygen atoms in total. The molecule has 36 valence electrons. The van der Waals surface area contributed by atoms with Gasteiger partial charge in [-0.25, -0.2) is 0 Å². The summed E-state index contributed by atoms with van der Waals surface area (Å²) in [6.45, 7) is 2.22. The average Bonchev–Trinajstić information content (AvgIpc) is 2.19. The summed E-state index contributed by atoms with van der Waals surface area (Å²) in [6, 6.07) is 0. The smallest absolute Gasteiger partial charge is 0.0228 e. The Hall–Kier alpha value is 0.640. The molecule has 1 fully saturated rings. The van der Waals surface area contributed by atoms with Crippen LogP contribution in [0.5, 0.6) is 0 Å². The fraction of sp³-hybridized carbons (Fsp3) is 1.00. The highest BCUT2D eigenvalue weighted by molar-refractivity contribution is 8.21. The molecule has 1 saturated carbocycles. The summed E-state index contributed by atoms with van der Waals surface area (Å²) in [5.41, 5.74) is 0. The van der Waals surface area contributed by atoms with Gasteiger partial charge >= 0.3 is 0 Å². The molecule has 0 spiro atoms. The SMILES string of the molecule is CC1CC1SCl. The van der Waals surface area contributed by atoms with Gasteiger partial charge in [-0.05, 0) is 23.0 Å². The number of rotatable bonds is 1. The highest BCUT2D eigenvalue weighted by Crippen LogP contribution is 2.42. The van der Waals surface area contributed by atoms with E-state index in [1.54, 1.807) is 0 Å². The zero-order chi connectivity index (χ0) is 4.57. The highest BCUT2D eigenvalue weighted by atomic mass is 35.7. The van der Waals surface area contributed by atoms with Crippen molar-refractivity contribution in [2.24, 2.45) is 5.92 Å². The van der Waals surface area contributed by atoms with Crippen LogP contribution in [0.3, 0.4) is 0 Å². The molecule has 2 atom stereocenters. The summed E-state index contributed by atoms with van der Waals surface area (Å²) >= 11 is 0. The zero-order valence-electron chi connectivity index (χ0n) is 3.65. The maximum absolute atomic E-state index is 5.41. The Morgan fingerprint density at radius 2 is 2.33 bits per heavy atom. The van der Waals surface area contributed by atoms with E-state index in [9.17, 15) is 0 Å². The second-order valence-corrected chi connectivity index (χ2v) is 3.16. The minimum absolute atomic E-state index is 0.784. The third-order valence-corrected chi connectivity index (χ3v) is 2.72. The summed E-state index contributed by atoms with van der Waals surface area (Å²) in [7, 11) is 6.88. The Morgan fingerprint density at radius 3 is 2.33 bits per heavy atom. The van der Waals surface area contributed by atoms with Gasteiger partial charge in [0.2, 0.25) is 0 Å². The molecule has 0 radical (unpaired) electrons. The van der Waals surface area contributed by atoms with Crippen molar-refractivity contribution in [2.45, 2.75) is 18.6 Å². The molecule has 0 aliphatic heterocycles. The third kappa shape index (κ3) is 0.824. The van der Waals surface area contributed by atoms with Gasteiger partial charge in [-0.2, -0.15) is 0 Å². The summed E-state index contributed by atoms with van der Waals surface area (Å²) in [5.74, 6) is 0.896. The predicted molar refractivity (Wildman–Crippen MR) is 31.0 cm³/mol. The molecule has 0 aromatic heterocycles. The van der Waals surface area contributed by atoms with Gasteiger partial charge < -0.3 is 0 Å². The van der Waals surface area contributed by atoms with Crippen LogP contribution >= 0.6 is 21.7 Å². The molecule has 0 aromatic rings. The maximum atomic E-state index is 5.41. The topological polar surface area (TPSA) is 0 Å². The van der Waals surface area contributed by atoms with Crippen molar-refractivity contribution in [1.29, 1.82) is 0 Å². The van der Waals surface area contributed by atoms with E-state index in [0.717, 1.165) is 11.2 Å². The first kappa shape index (κ1) is 4.79. The Labute approximate surface area is 46.8 Å². The lowest BCUT2D eigenvalue weighted by molar-refractivity contribution is 0.989. The molecule has 1 rings (SSSR count). The van der Waals surface area contributed by atoms with Gasteiger partial charge in [-0.3, -0.25) is 0 Å². The first-order valence-electron chi connectivity index (χ1n) is 2.12. The number of halogens is 1. The van der Waals surface area contributed by atoms with Crippen LogP contribution in [0.2, 0.25) is 0 Å². The van der Waals surface area contributed by atoms with Crippen molar-refractivity contribution in [3.63, 3.8) is 0 Å². The Morgan fingerprint density at radius 1 is 1.83 bits per heavy atom. The van der Waals surface area contributed by atoms with Gasteiger partial charge in [0.05, 0.1) is 0 Å². The Kier molecular flexibility index (Phi) is 1.30. The Bertz CT molecular complexity index is 53.5. The zero-order valence-corrected chi connectivity index (χ0v) is 5.22. The van der Waals surface area contributed by atoms with Crippen molar-refractivity contribution in [3.05, 3.63) is 0 Å². The molecular weight excluding hydrogens is 116 g/mol. The van der Waals surface area contributed by atoms with Gasteiger partial charge in [-0.15, -0.1) is 0 Å². The quantitative estimate of drug-likeness (QED) is 0.514. The van der Waals surface area contributed by atoms with Crippen LogP contribution < -0.4 is 0 Å². The molecule has 6 heavy (non-hydrogen) atoms. The first-order valence-corrected chi connectivity index (χ1v) is 3.82. The van der Waals surface area contributed by atoms with Crippen molar-refractivity contribution in [2.75, 3.05) is 0 Å². The molecule has 2 unspecified atom stereocenters. The number of hydrogen-bond donors (Lipinski definition) is 0. The average molecular weight is 123 g/mol. The lowest BCUT2D eigenvalue weighted by Crippen LogP contribution is -1.66. The van der Waals surface area contributed by atoms with E-state index >= 15 is 0 Å². The van der Waals surface area contributed by atoms with Crippen LogP contribution in [0.4, 0.5) is 0 Å². The summed E-state index contributed by atoms with van der Waals surface area (Å²) in [5, 5.41) is 0.784. The van der Waals surface area contributed by atoms with Gasteiger partial charge in [0.15, 0.2) is 0 Å². The first-order chi connectivity index (χ1) is 2.84. The van der Waals surface area contributed by atoms with Gasteiger partial charge in [0.1, 0.15) is 0 Å². The van der Waals surface area contributed by atoms with E-state index < -0.39 is 0 Å². The lowest BCUT2D eigenvalue weighted by Gasteiger charge is -1.76. The van der Waals surface area contributed by atoms with Crippen molar-refractivity contribution >= 4 is 21.7 Å². The normalized spacial score (nSPS) is 43.0. The number of hydrogen-bond acceptors (Lipinski definition) is 1. The molecule has 0 aromatic carbocycles. The van der Waals surface area contributed by atoms with E-state index in [2.05, 4.69) is 6.92 Å². The minimum atomic E-state index is 0.784. The fourth-order valence-electron chi connectivity index (χ4n) is 0.412. The van der Waals surface area contributed by atoms with Gasteiger partial charge in [0, 0.05) is 5.25 Å². The molecule has 0 bridgehead atoms. The summed E-state index contributed by atoms with van der Waals surface area (Å²) < 4.78 is 0. The second-order valence-electron chi connectivity index (χ2n) is 1.84. The van der Waals surface area contributed by atoms with E-state index in [4.69, 9.17) is 10.7 Å². The standard InChI is InChI=1S/C4H7ClS/c1-3-2-4(3)6-5/h3-4H,2H2,1H3. The monoisotopic (exact) mass is 122 g/mol. The van der Waals surface area contributed by atoms with E-state index in [-0.39, 0.29) is 0 Å². The summed E-state index contributed by atoms with van der Waals surface area (Å²) in [6.07, 6.45) is 1.33. The molecule has 2 heteroatoms. The van der Waals surface area contributed by atoms with Gasteiger partial charge in [-0.1, -0.05) is 17.9 Å². The van der Waals surface area contributed by atoms with Gasteiger partial charge in [0.25, 0.3) is 0 Å². The summed E-state index contributed by atoms with van der Waals surface area (Å²) in [4.78, 5) is 0. The van der Waals surface area contributed by atoms with Crippen LogP contribution in [0, 0.1) is 5.92 Å². The highest BCUT2D eigenvalue weighted by Gasteiger charge is 2.32. The lowest BCUT2D eigenvalue weighted by atomic mass is 10.5. The fourth-order valence-corrected chi connectivity index (χ4v) is 1.71. The third-order valence-electron chi connectivity index (χ3n) is 1.15. The van der Waals surface area contributed by atoms with Crippen LogP contribution in [0.15, 0.2) is 0 Å². The minimum Gasteiger partial charge on any atom is -0.0614 e. The van der Waals surface area contributed by atoms with E-state index in [1.807, 2.05) is 0 Å². The van der Waals surface area contributed by atoms with Crippen molar-refractivity contribution in [3.8, 4) is 0 Å². The molecular formula is C4H7ClS. The maximum Gasteiger partial charge on any atom is 0.0228 e. The molecule has 0 amide bonds. The Balaban J connectivity index is 2.09. The van der Waals surface area contributed by atoms with E-state index in [0.29, 0.717) is 0 Å². The molecule has 1 aliphatic rings. The molecule has 1 aliphatic carbocycles. The predicted octanol–water partition coefficient (Wildman–Crippen LogP) is 2.28. The van der Waals surface area contributed by atoms with Crippen molar-refractivity contribution in [1.82, 2.24) is 0 Å². The van der Waals surface area contributed by atoms with E-state index in [1.165, 1.54) is 17.4 Å². The van der Waals surface area contributed by atoms with Crippen molar-refractivity contribution < 1.29 is 0 Å². The largest absolute Gasteiger partial charge is 0.0614 e.